The molecule has 0 unspecified atom stereocenters. The summed E-state index contributed by atoms with van der Waals surface area (Å²) < 4.78 is 0. The SMILES string of the molecule is CCc1cc(=O)[nH]c(-c2ccc(N3CCC(c4nc5ccccc5[nH]4)CC3)nc2)n1. The van der Waals surface area contributed by atoms with Crippen LogP contribution in [0.1, 0.15) is 37.2 Å². The van der Waals surface area contributed by atoms with Crippen molar-refractivity contribution in [3.8, 4) is 11.4 Å². The fourth-order valence-corrected chi connectivity index (χ4v) is 4.09. The van der Waals surface area contributed by atoms with E-state index in [1.165, 1.54) is 6.07 Å². The summed E-state index contributed by atoms with van der Waals surface area (Å²) in [7, 11) is 0. The molecule has 1 fully saturated rings. The van der Waals surface area contributed by atoms with E-state index in [1.807, 2.05) is 37.3 Å². The molecule has 4 heterocycles. The Morgan fingerprint density at radius 3 is 2.63 bits per heavy atom. The van der Waals surface area contributed by atoms with Crippen LogP contribution in [0.2, 0.25) is 0 Å². The predicted octanol–water partition coefficient (Wildman–Crippen LogP) is 3.65. The van der Waals surface area contributed by atoms with Crippen molar-refractivity contribution in [3.63, 3.8) is 0 Å². The third kappa shape index (κ3) is 3.58. The van der Waals surface area contributed by atoms with E-state index in [0.717, 1.165) is 66.3 Å². The van der Waals surface area contributed by atoms with E-state index in [-0.39, 0.29) is 5.56 Å². The molecule has 0 aliphatic carbocycles. The highest BCUT2D eigenvalue weighted by atomic mass is 16.1. The number of hydrogen-bond donors (Lipinski definition) is 2. The molecule has 0 bridgehead atoms. The first-order valence-electron chi connectivity index (χ1n) is 10.5. The number of para-hydroxylation sites is 2. The number of aromatic amines is 2. The maximum absolute atomic E-state index is 11.8. The highest BCUT2D eigenvalue weighted by molar-refractivity contribution is 5.74. The number of imidazole rings is 1. The van der Waals surface area contributed by atoms with Crippen molar-refractivity contribution < 1.29 is 0 Å². The van der Waals surface area contributed by atoms with Gasteiger partial charge in [0.25, 0.3) is 5.56 Å². The maximum Gasteiger partial charge on any atom is 0.251 e. The minimum absolute atomic E-state index is 0.131. The summed E-state index contributed by atoms with van der Waals surface area (Å²) in [5.74, 6) is 3.06. The monoisotopic (exact) mass is 400 g/mol. The van der Waals surface area contributed by atoms with E-state index in [4.69, 9.17) is 4.98 Å². The zero-order valence-corrected chi connectivity index (χ0v) is 16.9. The van der Waals surface area contributed by atoms with E-state index >= 15 is 0 Å². The molecule has 0 radical (unpaired) electrons. The molecule has 0 amide bonds. The van der Waals surface area contributed by atoms with Crippen LogP contribution in [-0.4, -0.2) is 38.0 Å². The Morgan fingerprint density at radius 1 is 1.07 bits per heavy atom. The van der Waals surface area contributed by atoms with E-state index in [2.05, 4.69) is 30.9 Å². The fraction of sp³-hybridized carbons (Fsp3) is 0.304. The molecule has 7 nitrogen and oxygen atoms in total. The number of rotatable bonds is 4. The van der Waals surface area contributed by atoms with Crippen LogP contribution in [0.3, 0.4) is 0 Å². The fourth-order valence-electron chi connectivity index (χ4n) is 4.09. The molecule has 0 atom stereocenters. The van der Waals surface area contributed by atoms with Crippen LogP contribution >= 0.6 is 0 Å². The summed E-state index contributed by atoms with van der Waals surface area (Å²) in [4.78, 5) is 34.3. The molecule has 4 aromatic rings. The van der Waals surface area contributed by atoms with Gasteiger partial charge < -0.3 is 14.9 Å². The van der Waals surface area contributed by atoms with Crippen molar-refractivity contribution in [3.05, 3.63) is 70.5 Å². The van der Waals surface area contributed by atoms with Crippen molar-refractivity contribution in [2.24, 2.45) is 0 Å². The van der Waals surface area contributed by atoms with Gasteiger partial charge in [0.05, 0.1) is 11.0 Å². The second kappa shape index (κ2) is 7.74. The number of hydrogen-bond acceptors (Lipinski definition) is 5. The standard InChI is InChI=1S/C23H24N6O/c1-2-17-13-21(30)28-23(25-17)16-7-8-20(24-14-16)29-11-9-15(10-12-29)22-26-18-5-3-4-6-19(18)27-22/h3-8,13-15H,2,9-12H2,1H3,(H,26,27)(H,25,28,30). The highest BCUT2D eigenvalue weighted by Gasteiger charge is 2.24. The zero-order chi connectivity index (χ0) is 20.5. The number of nitrogens with zero attached hydrogens (tertiary/aromatic N) is 4. The van der Waals surface area contributed by atoms with Crippen molar-refractivity contribution >= 4 is 16.9 Å². The van der Waals surface area contributed by atoms with Gasteiger partial charge in [0, 0.05) is 42.5 Å². The Morgan fingerprint density at radius 2 is 1.90 bits per heavy atom. The maximum atomic E-state index is 11.8. The number of H-pyrrole nitrogens is 2. The number of fused-ring (bicyclic) bond motifs is 1. The van der Waals surface area contributed by atoms with Crippen LogP contribution in [0, 0.1) is 0 Å². The topological polar surface area (TPSA) is 90.6 Å². The van der Waals surface area contributed by atoms with Gasteiger partial charge in [0.15, 0.2) is 0 Å². The summed E-state index contributed by atoms with van der Waals surface area (Å²) in [6, 6.07) is 13.7. The van der Waals surface area contributed by atoms with Crippen LogP contribution in [-0.2, 0) is 6.42 Å². The number of pyridine rings is 1. The average molecular weight is 400 g/mol. The largest absolute Gasteiger partial charge is 0.357 e. The van der Waals surface area contributed by atoms with Gasteiger partial charge in [-0.3, -0.25) is 4.79 Å². The summed E-state index contributed by atoms with van der Waals surface area (Å²) in [6.45, 7) is 3.87. The Hall–Kier alpha value is -3.48. The third-order valence-electron chi connectivity index (χ3n) is 5.79. The normalized spacial score (nSPS) is 15.0. The molecule has 0 spiro atoms. The van der Waals surface area contributed by atoms with Gasteiger partial charge in [0.2, 0.25) is 0 Å². The minimum Gasteiger partial charge on any atom is -0.357 e. The summed E-state index contributed by atoms with van der Waals surface area (Å²) >= 11 is 0. The molecule has 2 N–H and O–H groups in total. The Kier molecular flexibility index (Phi) is 4.78. The van der Waals surface area contributed by atoms with Gasteiger partial charge in [-0.1, -0.05) is 19.1 Å². The summed E-state index contributed by atoms with van der Waals surface area (Å²) in [5.41, 5.74) is 3.61. The second-order valence-corrected chi connectivity index (χ2v) is 7.74. The number of piperidine rings is 1. The molecular formula is C23H24N6O. The molecule has 30 heavy (non-hydrogen) atoms. The van der Waals surface area contributed by atoms with Crippen molar-refractivity contribution in [2.75, 3.05) is 18.0 Å². The lowest BCUT2D eigenvalue weighted by Gasteiger charge is -2.32. The molecule has 1 aliphatic rings. The van der Waals surface area contributed by atoms with E-state index < -0.39 is 0 Å². The first-order chi connectivity index (χ1) is 14.7. The summed E-state index contributed by atoms with van der Waals surface area (Å²) in [5, 5.41) is 0. The number of aromatic nitrogens is 5. The lowest BCUT2D eigenvalue weighted by Crippen LogP contribution is -2.33. The quantitative estimate of drug-likeness (QED) is 0.546. The molecule has 0 saturated carbocycles. The van der Waals surface area contributed by atoms with E-state index in [9.17, 15) is 4.79 Å². The Labute approximate surface area is 174 Å². The van der Waals surface area contributed by atoms with Gasteiger partial charge in [-0.15, -0.1) is 0 Å². The van der Waals surface area contributed by atoms with Gasteiger partial charge in [-0.2, -0.15) is 0 Å². The van der Waals surface area contributed by atoms with Crippen LogP contribution < -0.4 is 10.5 Å². The van der Waals surface area contributed by atoms with E-state index in [0.29, 0.717) is 11.7 Å². The molecule has 1 aliphatic heterocycles. The molecule has 5 rings (SSSR count). The lowest BCUT2D eigenvalue weighted by molar-refractivity contribution is 0.487. The number of anilines is 1. The molecule has 3 aromatic heterocycles. The number of aryl methyl sites for hydroxylation is 1. The van der Waals surface area contributed by atoms with Crippen molar-refractivity contribution in [2.45, 2.75) is 32.1 Å². The van der Waals surface area contributed by atoms with Gasteiger partial charge in [0.1, 0.15) is 17.5 Å². The highest BCUT2D eigenvalue weighted by Crippen LogP contribution is 2.30. The molecular weight excluding hydrogens is 376 g/mol. The Bertz CT molecular complexity index is 1190. The van der Waals surface area contributed by atoms with Crippen LogP contribution in [0.5, 0.6) is 0 Å². The van der Waals surface area contributed by atoms with Crippen molar-refractivity contribution in [1.29, 1.82) is 0 Å². The van der Waals surface area contributed by atoms with Gasteiger partial charge in [-0.25, -0.2) is 15.0 Å². The predicted molar refractivity (Wildman–Crippen MR) is 118 cm³/mol. The average Bonchev–Trinajstić information content (AvgIpc) is 3.23. The smallest absolute Gasteiger partial charge is 0.251 e. The zero-order valence-electron chi connectivity index (χ0n) is 16.9. The minimum atomic E-state index is -0.131. The summed E-state index contributed by atoms with van der Waals surface area (Å²) in [6.07, 6.45) is 4.59. The van der Waals surface area contributed by atoms with Gasteiger partial charge in [-0.05, 0) is 43.5 Å². The van der Waals surface area contributed by atoms with E-state index in [1.54, 1.807) is 6.20 Å². The van der Waals surface area contributed by atoms with Crippen LogP contribution in [0.4, 0.5) is 5.82 Å². The van der Waals surface area contributed by atoms with Gasteiger partial charge >= 0.3 is 0 Å². The van der Waals surface area contributed by atoms with Crippen LogP contribution in [0.15, 0.2) is 53.5 Å². The second-order valence-electron chi connectivity index (χ2n) is 7.74. The third-order valence-corrected chi connectivity index (χ3v) is 5.79. The van der Waals surface area contributed by atoms with Crippen molar-refractivity contribution in [1.82, 2.24) is 24.9 Å². The van der Waals surface area contributed by atoms with Crippen LogP contribution in [0.25, 0.3) is 22.4 Å². The molecule has 1 saturated heterocycles. The first-order valence-corrected chi connectivity index (χ1v) is 10.5. The lowest BCUT2D eigenvalue weighted by atomic mass is 9.96. The molecule has 1 aromatic carbocycles. The number of nitrogens with one attached hydrogen (secondary N) is 2. The first kappa shape index (κ1) is 18.5. The molecule has 152 valence electrons. The molecule has 7 heteroatoms. The number of benzene rings is 1. The Balaban J connectivity index is 1.28.